The van der Waals surface area contributed by atoms with Crippen LogP contribution in [0.4, 0.5) is 4.39 Å². The molecule has 1 aliphatic rings. The van der Waals surface area contributed by atoms with Crippen molar-refractivity contribution in [3.63, 3.8) is 0 Å². The molecule has 3 aromatic rings. The summed E-state index contributed by atoms with van der Waals surface area (Å²) in [5.74, 6) is 0.522. The fourth-order valence-corrected chi connectivity index (χ4v) is 3.76. The zero-order chi connectivity index (χ0) is 19.7. The minimum absolute atomic E-state index is 0.0149. The minimum atomic E-state index is -0.251. The molecule has 0 fully saturated rings. The number of amides is 1. The lowest BCUT2D eigenvalue weighted by atomic mass is 9.99. The van der Waals surface area contributed by atoms with Crippen LogP contribution in [0.3, 0.4) is 0 Å². The van der Waals surface area contributed by atoms with Crippen LogP contribution in [0.5, 0.6) is 5.75 Å². The van der Waals surface area contributed by atoms with Crippen molar-refractivity contribution < 1.29 is 13.9 Å². The maximum Gasteiger partial charge on any atom is 0.260 e. The van der Waals surface area contributed by atoms with Gasteiger partial charge in [-0.3, -0.25) is 4.79 Å². The fourth-order valence-electron chi connectivity index (χ4n) is 3.76. The molecule has 0 unspecified atom stereocenters. The summed E-state index contributed by atoms with van der Waals surface area (Å²) in [7, 11) is 0. The molecule has 0 bridgehead atoms. The third kappa shape index (κ3) is 3.52. The summed E-state index contributed by atoms with van der Waals surface area (Å²) in [4.78, 5) is 17.5. The van der Waals surface area contributed by atoms with E-state index in [9.17, 15) is 9.18 Å². The average Bonchev–Trinajstić information content (AvgIpc) is 3.10. The number of nitrogens with zero attached hydrogens (tertiary/aromatic N) is 1. The largest absolute Gasteiger partial charge is 0.483 e. The van der Waals surface area contributed by atoms with Gasteiger partial charge in [0.25, 0.3) is 5.91 Å². The number of aryl methyl sites for hydroxylation is 2. The van der Waals surface area contributed by atoms with Gasteiger partial charge in [-0.25, -0.2) is 4.39 Å². The predicted molar refractivity (Wildman–Crippen MR) is 109 cm³/mol. The lowest BCUT2D eigenvalue weighted by Gasteiger charge is -2.26. The summed E-state index contributed by atoms with van der Waals surface area (Å²) in [5.41, 5.74) is 5.11. The van der Waals surface area contributed by atoms with E-state index in [2.05, 4.69) is 11.1 Å². The molecule has 4 rings (SSSR count). The molecule has 0 saturated heterocycles. The van der Waals surface area contributed by atoms with Crippen LogP contribution < -0.4 is 4.74 Å². The number of carbonyl (C=O) groups is 1. The molecular formula is C23H23FN2O2. The molecule has 2 aromatic carbocycles. The monoisotopic (exact) mass is 378 g/mol. The van der Waals surface area contributed by atoms with Crippen molar-refractivity contribution in [1.29, 1.82) is 0 Å². The van der Waals surface area contributed by atoms with Gasteiger partial charge in [0.2, 0.25) is 0 Å². The molecule has 1 aliphatic heterocycles. The summed E-state index contributed by atoms with van der Waals surface area (Å²) in [6, 6.07) is 10.7. The van der Waals surface area contributed by atoms with E-state index in [1.165, 1.54) is 17.7 Å². The Morgan fingerprint density at radius 3 is 2.71 bits per heavy atom. The number of rotatable bonds is 4. The quantitative estimate of drug-likeness (QED) is 0.720. The second kappa shape index (κ2) is 7.50. The van der Waals surface area contributed by atoms with Crippen LogP contribution in [-0.4, -0.2) is 35.5 Å². The minimum Gasteiger partial charge on any atom is -0.483 e. The van der Waals surface area contributed by atoms with Crippen molar-refractivity contribution in [2.45, 2.75) is 20.3 Å². The maximum atomic E-state index is 13.4. The number of nitrogens with one attached hydrogen (secondary N) is 1. The average molecular weight is 378 g/mol. The zero-order valence-electron chi connectivity index (χ0n) is 16.1. The van der Waals surface area contributed by atoms with E-state index in [1.807, 2.05) is 43.1 Å². The van der Waals surface area contributed by atoms with Gasteiger partial charge < -0.3 is 14.6 Å². The molecule has 0 radical (unpaired) electrons. The first-order valence-corrected chi connectivity index (χ1v) is 9.46. The van der Waals surface area contributed by atoms with E-state index in [4.69, 9.17) is 4.74 Å². The number of para-hydroxylation sites is 1. The van der Waals surface area contributed by atoms with Crippen LogP contribution in [0.1, 0.15) is 23.1 Å². The van der Waals surface area contributed by atoms with Crippen molar-refractivity contribution in [3.05, 3.63) is 71.2 Å². The van der Waals surface area contributed by atoms with Gasteiger partial charge in [-0.05, 0) is 55.2 Å². The van der Waals surface area contributed by atoms with Gasteiger partial charge in [0.05, 0.1) is 0 Å². The molecule has 0 atom stereocenters. The molecule has 0 aliphatic carbocycles. The van der Waals surface area contributed by atoms with Gasteiger partial charge in [0, 0.05) is 35.8 Å². The van der Waals surface area contributed by atoms with Crippen LogP contribution in [0.2, 0.25) is 0 Å². The Kier molecular flexibility index (Phi) is 4.90. The lowest BCUT2D eigenvalue weighted by molar-refractivity contribution is -0.132. The van der Waals surface area contributed by atoms with Crippen LogP contribution in [0, 0.1) is 19.7 Å². The number of carbonyl (C=O) groups excluding carboxylic acids is 1. The Bertz CT molecular complexity index is 1050. The van der Waals surface area contributed by atoms with E-state index in [0.29, 0.717) is 13.1 Å². The molecule has 5 heteroatoms. The van der Waals surface area contributed by atoms with Crippen molar-refractivity contribution in [2.24, 2.45) is 0 Å². The van der Waals surface area contributed by atoms with Crippen molar-refractivity contribution in [3.8, 4) is 5.75 Å². The fraction of sp³-hybridized carbons (Fsp3) is 0.261. The summed E-state index contributed by atoms with van der Waals surface area (Å²) in [6.45, 7) is 5.21. The third-order valence-electron chi connectivity index (χ3n) is 5.30. The van der Waals surface area contributed by atoms with Crippen LogP contribution in [0.25, 0.3) is 16.5 Å². The first kappa shape index (κ1) is 18.3. The van der Waals surface area contributed by atoms with Crippen LogP contribution >= 0.6 is 0 Å². The lowest BCUT2D eigenvalue weighted by Crippen LogP contribution is -2.37. The Balaban J connectivity index is 1.42. The second-order valence-electron chi connectivity index (χ2n) is 7.22. The van der Waals surface area contributed by atoms with Crippen molar-refractivity contribution in [2.75, 3.05) is 19.7 Å². The van der Waals surface area contributed by atoms with Crippen molar-refractivity contribution in [1.82, 2.24) is 9.88 Å². The molecular weight excluding hydrogens is 355 g/mol. The Hall–Kier alpha value is -3.08. The number of hydrogen-bond acceptors (Lipinski definition) is 2. The Morgan fingerprint density at radius 1 is 1.21 bits per heavy atom. The molecule has 28 heavy (non-hydrogen) atoms. The number of ether oxygens (including phenoxy) is 1. The first-order chi connectivity index (χ1) is 13.5. The SMILES string of the molecule is Cc1cccc(C)c1OCC(=O)N1CC=C(c2c[nH]c3cc(F)ccc23)CC1. The van der Waals surface area contributed by atoms with E-state index in [0.717, 1.165) is 39.8 Å². The highest BCUT2D eigenvalue weighted by molar-refractivity contribution is 5.93. The van der Waals surface area contributed by atoms with E-state index < -0.39 is 0 Å². The van der Waals surface area contributed by atoms with E-state index >= 15 is 0 Å². The summed E-state index contributed by atoms with van der Waals surface area (Å²) in [5, 5.41) is 1.01. The number of halogens is 1. The standard InChI is InChI=1S/C23H23FN2O2/c1-15-4-3-5-16(2)23(15)28-14-22(27)26-10-8-17(9-11-26)20-13-25-21-12-18(24)6-7-19(20)21/h3-8,12-13,25H,9-11,14H2,1-2H3. The highest BCUT2D eigenvalue weighted by atomic mass is 19.1. The number of hydrogen-bond donors (Lipinski definition) is 1. The highest BCUT2D eigenvalue weighted by Crippen LogP contribution is 2.30. The number of benzene rings is 2. The second-order valence-corrected chi connectivity index (χ2v) is 7.22. The third-order valence-corrected chi connectivity index (χ3v) is 5.30. The molecule has 0 spiro atoms. The molecule has 1 amide bonds. The zero-order valence-corrected chi connectivity index (χ0v) is 16.1. The van der Waals surface area contributed by atoms with Crippen LogP contribution in [-0.2, 0) is 4.79 Å². The Labute approximate surface area is 163 Å². The molecule has 2 heterocycles. The highest BCUT2D eigenvalue weighted by Gasteiger charge is 2.20. The number of fused-ring (bicyclic) bond motifs is 1. The summed E-state index contributed by atoms with van der Waals surface area (Å²) < 4.78 is 19.2. The van der Waals surface area contributed by atoms with Gasteiger partial charge >= 0.3 is 0 Å². The molecule has 144 valence electrons. The topological polar surface area (TPSA) is 45.3 Å². The van der Waals surface area contributed by atoms with E-state index in [1.54, 1.807) is 6.07 Å². The predicted octanol–water partition coefficient (Wildman–Crippen LogP) is 4.62. The summed E-state index contributed by atoms with van der Waals surface area (Å²) >= 11 is 0. The number of H-pyrrole nitrogens is 1. The maximum absolute atomic E-state index is 13.4. The number of aromatic amines is 1. The van der Waals surface area contributed by atoms with Crippen LogP contribution in [0.15, 0.2) is 48.7 Å². The first-order valence-electron chi connectivity index (χ1n) is 9.46. The Morgan fingerprint density at radius 2 is 2.00 bits per heavy atom. The molecule has 1 aromatic heterocycles. The molecule has 0 saturated carbocycles. The molecule has 1 N–H and O–H groups in total. The van der Waals surface area contributed by atoms with Gasteiger partial charge in [-0.1, -0.05) is 24.3 Å². The van der Waals surface area contributed by atoms with E-state index in [-0.39, 0.29) is 18.3 Å². The van der Waals surface area contributed by atoms with Gasteiger partial charge in [0.15, 0.2) is 6.61 Å². The van der Waals surface area contributed by atoms with Gasteiger partial charge in [-0.15, -0.1) is 0 Å². The normalized spacial score (nSPS) is 14.2. The van der Waals surface area contributed by atoms with Gasteiger partial charge in [0.1, 0.15) is 11.6 Å². The molecule has 4 nitrogen and oxygen atoms in total. The number of aromatic nitrogens is 1. The van der Waals surface area contributed by atoms with Gasteiger partial charge in [-0.2, -0.15) is 0 Å². The van der Waals surface area contributed by atoms with Crippen molar-refractivity contribution >= 4 is 22.4 Å². The smallest absolute Gasteiger partial charge is 0.260 e. The summed E-state index contributed by atoms with van der Waals surface area (Å²) in [6.07, 6.45) is 4.75.